The maximum atomic E-state index is 11.6. The molecule has 0 saturated carbocycles. The summed E-state index contributed by atoms with van der Waals surface area (Å²) in [5.41, 5.74) is 7.71. The zero-order chi connectivity index (χ0) is 13.2. The Labute approximate surface area is 120 Å². The molecule has 2 N–H and O–H groups in total. The summed E-state index contributed by atoms with van der Waals surface area (Å²) in [6, 6.07) is 8.38. The number of methoxy groups -OCH3 is 1. The first-order valence-electron chi connectivity index (χ1n) is 6.24. The molecule has 2 rings (SSSR count). The molecule has 106 valence electrons. The van der Waals surface area contributed by atoms with E-state index < -0.39 is 5.54 Å². The number of rotatable bonds is 2. The minimum Gasteiger partial charge on any atom is -0.468 e. The third-order valence-electron chi connectivity index (χ3n) is 3.61. The molecule has 1 aliphatic heterocycles. The quantitative estimate of drug-likeness (QED) is 0.843. The van der Waals surface area contributed by atoms with Gasteiger partial charge in [-0.2, -0.15) is 0 Å². The van der Waals surface area contributed by atoms with Gasteiger partial charge in [-0.1, -0.05) is 12.1 Å². The molecule has 0 spiro atoms. The largest absolute Gasteiger partial charge is 0.468 e. The van der Waals surface area contributed by atoms with Crippen LogP contribution in [0.4, 0.5) is 5.69 Å². The van der Waals surface area contributed by atoms with Gasteiger partial charge in [0.05, 0.1) is 7.11 Å². The third-order valence-corrected chi connectivity index (χ3v) is 3.61. The summed E-state index contributed by atoms with van der Waals surface area (Å²) in [6.07, 6.45) is 1.27. The predicted molar refractivity (Wildman–Crippen MR) is 78.8 cm³/mol. The van der Waals surface area contributed by atoms with Crippen molar-refractivity contribution in [2.45, 2.75) is 25.3 Å². The van der Waals surface area contributed by atoms with Crippen LogP contribution in [0, 0.1) is 6.92 Å². The molecule has 1 fully saturated rings. The average molecular weight is 285 g/mol. The first-order chi connectivity index (χ1) is 8.55. The van der Waals surface area contributed by atoms with E-state index in [-0.39, 0.29) is 18.4 Å². The highest BCUT2D eigenvalue weighted by atomic mass is 35.5. The van der Waals surface area contributed by atoms with E-state index in [9.17, 15) is 4.79 Å². The smallest absolute Gasteiger partial charge is 0.325 e. The Kier molecular flexibility index (Phi) is 5.20. The van der Waals surface area contributed by atoms with Crippen LogP contribution in [0.1, 0.15) is 18.4 Å². The molecule has 4 nitrogen and oxygen atoms in total. The van der Waals surface area contributed by atoms with Crippen LogP contribution >= 0.6 is 12.4 Å². The number of ether oxygens (including phenoxy) is 1. The minimum absolute atomic E-state index is 0. The SMILES string of the molecule is COC(=O)C1(N)CCN(c2cccc(C)c2)CC1.Cl. The number of piperidine rings is 1. The second-order valence-corrected chi connectivity index (χ2v) is 4.97. The number of aryl methyl sites for hydroxylation is 1. The number of nitrogens with zero attached hydrogens (tertiary/aromatic N) is 1. The molecule has 0 radical (unpaired) electrons. The lowest BCUT2D eigenvalue weighted by Gasteiger charge is -2.38. The Morgan fingerprint density at radius 1 is 1.37 bits per heavy atom. The molecular formula is C14H21ClN2O2. The molecule has 0 unspecified atom stereocenters. The van der Waals surface area contributed by atoms with Crippen LogP contribution < -0.4 is 10.6 Å². The summed E-state index contributed by atoms with van der Waals surface area (Å²) in [4.78, 5) is 13.9. The molecule has 1 aromatic carbocycles. The third kappa shape index (κ3) is 3.39. The molecule has 0 bridgehead atoms. The Bertz CT molecular complexity index is 443. The average Bonchev–Trinajstić information content (AvgIpc) is 2.38. The highest BCUT2D eigenvalue weighted by Gasteiger charge is 2.38. The summed E-state index contributed by atoms with van der Waals surface area (Å²) >= 11 is 0. The van der Waals surface area contributed by atoms with Crippen molar-refractivity contribution in [1.29, 1.82) is 0 Å². The maximum Gasteiger partial charge on any atom is 0.325 e. The number of hydrogen-bond donors (Lipinski definition) is 1. The molecule has 0 atom stereocenters. The first-order valence-corrected chi connectivity index (χ1v) is 6.24. The van der Waals surface area contributed by atoms with Gasteiger partial charge in [-0.05, 0) is 37.5 Å². The second-order valence-electron chi connectivity index (χ2n) is 4.97. The van der Waals surface area contributed by atoms with Gasteiger partial charge in [0.1, 0.15) is 5.54 Å². The molecule has 1 aliphatic rings. The fraction of sp³-hybridized carbons (Fsp3) is 0.500. The Morgan fingerprint density at radius 3 is 2.53 bits per heavy atom. The Balaban J connectivity index is 0.00000180. The van der Waals surface area contributed by atoms with Crippen LogP contribution in [0.2, 0.25) is 0 Å². The van der Waals surface area contributed by atoms with Crippen LogP contribution in [0.5, 0.6) is 0 Å². The normalized spacial score (nSPS) is 17.5. The van der Waals surface area contributed by atoms with Gasteiger partial charge in [0.25, 0.3) is 0 Å². The summed E-state index contributed by atoms with van der Waals surface area (Å²) in [5.74, 6) is -0.300. The number of carbonyl (C=O) groups excluding carboxylic acids is 1. The van der Waals surface area contributed by atoms with Crippen molar-refractivity contribution in [3.05, 3.63) is 29.8 Å². The van der Waals surface area contributed by atoms with Gasteiger partial charge in [0.2, 0.25) is 0 Å². The number of anilines is 1. The number of hydrogen-bond acceptors (Lipinski definition) is 4. The van der Waals surface area contributed by atoms with Crippen molar-refractivity contribution in [2.24, 2.45) is 5.73 Å². The van der Waals surface area contributed by atoms with E-state index in [1.54, 1.807) is 0 Å². The molecule has 19 heavy (non-hydrogen) atoms. The van der Waals surface area contributed by atoms with E-state index in [0.717, 1.165) is 13.1 Å². The molecule has 0 aromatic heterocycles. The van der Waals surface area contributed by atoms with Gasteiger partial charge in [0, 0.05) is 18.8 Å². The summed E-state index contributed by atoms with van der Waals surface area (Å²) in [5, 5.41) is 0. The lowest BCUT2D eigenvalue weighted by molar-refractivity contribution is -0.147. The van der Waals surface area contributed by atoms with Crippen molar-refractivity contribution in [3.8, 4) is 0 Å². The van der Waals surface area contributed by atoms with Gasteiger partial charge < -0.3 is 15.4 Å². The standard InChI is InChI=1S/C14H20N2O2.ClH/c1-11-4-3-5-12(10-11)16-8-6-14(15,7-9-16)13(17)18-2;/h3-5,10H,6-9,15H2,1-2H3;1H. The van der Waals surface area contributed by atoms with Crippen molar-refractivity contribution in [1.82, 2.24) is 0 Å². The zero-order valence-electron chi connectivity index (χ0n) is 11.4. The van der Waals surface area contributed by atoms with E-state index >= 15 is 0 Å². The summed E-state index contributed by atoms with van der Waals surface area (Å²) in [7, 11) is 1.39. The predicted octanol–water partition coefficient (Wildman–Crippen LogP) is 1.89. The second kappa shape index (κ2) is 6.26. The first kappa shape index (κ1) is 15.8. The molecule has 1 aromatic rings. The highest BCUT2D eigenvalue weighted by molar-refractivity contribution is 5.85. The minimum atomic E-state index is -0.810. The molecule has 0 aliphatic carbocycles. The number of benzene rings is 1. The fourth-order valence-electron chi connectivity index (χ4n) is 2.40. The Hall–Kier alpha value is -1.26. The van der Waals surface area contributed by atoms with E-state index in [1.165, 1.54) is 18.4 Å². The number of carbonyl (C=O) groups is 1. The van der Waals surface area contributed by atoms with Crippen LogP contribution in [0.3, 0.4) is 0 Å². The van der Waals surface area contributed by atoms with E-state index in [4.69, 9.17) is 10.5 Å². The lowest BCUT2D eigenvalue weighted by Crippen LogP contribution is -2.56. The van der Waals surface area contributed by atoms with Crippen molar-refractivity contribution < 1.29 is 9.53 Å². The highest BCUT2D eigenvalue weighted by Crippen LogP contribution is 2.26. The topological polar surface area (TPSA) is 55.6 Å². The van der Waals surface area contributed by atoms with Gasteiger partial charge in [-0.15, -0.1) is 12.4 Å². The van der Waals surface area contributed by atoms with Crippen molar-refractivity contribution >= 4 is 24.1 Å². The van der Waals surface area contributed by atoms with E-state index in [2.05, 4.69) is 36.1 Å². The van der Waals surface area contributed by atoms with Gasteiger partial charge in [-0.3, -0.25) is 4.79 Å². The summed E-state index contributed by atoms with van der Waals surface area (Å²) < 4.78 is 4.77. The van der Waals surface area contributed by atoms with Crippen molar-refractivity contribution in [2.75, 3.05) is 25.1 Å². The monoisotopic (exact) mass is 284 g/mol. The molecular weight excluding hydrogens is 264 g/mol. The Morgan fingerprint density at radius 2 is 2.00 bits per heavy atom. The van der Waals surface area contributed by atoms with Gasteiger partial charge >= 0.3 is 5.97 Å². The van der Waals surface area contributed by atoms with Crippen LogP contribution in [-0.2, 0) is 9.53 Å². The van der Waals surface area contributed by atoms with Crippen LogP contribution in [-0.4, -0.2) is 31.7 Å². The maximum absolute atomic E-state index is 11.6. The number of nitrogens with two attached hydrogens (primary N) is 1. The lowest BCUT2D eigenvalue weighted by atomic mass is 9.88. The molecule has 5 heteroatoms. The fourth-order valence-corrected chi connectivity index (χ4v) is 2.40. The molecule has 0 amide bonds. The zero-order valence-corrected chi connectivity index (χ0v) is 12.2. The van der Waals surface area contributed by atoms with Crippen molar-refractivity contribution in [3.63, 3.8) is 0 Å². The van der Waals surface area contributed by atoms with E-state index in [0.29, 0.717) is 12.8 Å². The molecule has 1 saturated heterocycles. The molecule has 1 heterocycles. The number of halogens is 1. The summed E-state index contributed by atoms with van der Waals surface area (Å²) in [6.45, 7) is 3.65. The number of esters is 1. The van der Waals surface area contributed by atoms with Crippen LogP contribution in [0.15, 0.2) is 24.3 Å². The van der Waals surface area contributed by atoms with Gasteiger partial charge in [-0.25, -0.2) is 0 Å². The van der Waals surface area contributed by atoms with Gasteiger partial charge in [0.15, 0.2) is 0 Å². The van der Waals surface area contributed by atoms with E-state index in [1.807, 2.05) is 0 Å². The van der Waals surface area contributed by atoms with Crippen LogP contribution in [0.25, 0.3) is 0 Å².